The smallest absolute Gasteiger partial charge is 0.295 e. The van der Waals surface area contributed by atoms with Crippen LogP contribution in [0.25, 0.3) is 5.76 Å². The van der Waals surface area contributed by atoms with Crippen molar-refractivity contribution in [2.24, 2.45) is 5.73 Å². The van der Waals surface area contributed by atoms with Crippen LogP contribution in [0.5, 0.6) is 0 Å². The van der Waals surface area contributed by atoms with Gasteiger partial charge in [0.1, 0.15) is 5.76 Å². The number of hydrogen-bond acceptors (Lipinski definition) is 6. The first-order chi connectivity index (χ1) is 13.3. The van der Waals surface area contributed by atoms with Gasteiger partial charge in [0, 0.05) is 30.3 Å². The molecule has 3 rings (SSSR count). The predicted octanol–water partition coefficient (Wildman–Crippen LogP) is 2.36. The number of benzene rings is 2. The molecule has 2 aromatic rings. The fraction of sp³-hybridized carbons (Fsp3) is 0.200. The second-order valence-corrected chi connectivity index (χ2v) is 6.64. The number of nitro groups is 1. The van der Waals surface area contributed by atoms with Crippen molar-refractivity contribution in [1.82, 2.24) is 4.90 Å². The van der Waals surface area contributed by atoms with E-state index >= 15 is 0 Å². The summed E-state index contributed by atoms with van der Waals surface area (Å²) in [5.41, 5.74) is 6.54. The molecule has 1 heterocycles. The molecule has 2 aromatic carbocycles. The van der Waals surface area contributed by atoms with E-state index in [9.17, 15) is 24.8 Å². The van der Waals surface area contributed by atoms with Gasteiger partial charge in [-0.3, -0.25) is 19.7 Å². The number of nitro benzene ring substituents is 1. The van der Waals surface area contributed by atoms with Crippen LogP contribution in [0, 0.1) is 10.1 Å². The molecule has 8 nitrogen and oxygen atoms in total. The Kier molecular flexibility index (Phi) is 5.23. The first kappa shape index (κ1) is 19.2. The summed E-state index contributed by atoms with van der Waals surface area (Å²) in [4.78, 5) is 37.0. The van der Waals surface area contributed by atoms with Gasteiger partial charge in [0.25, 0.3) is 17.4 Å². The van der Waals surface area contributed by atoms with Crippen LogP contribution in [0.1, 0.15) is 24.1 Å². The lowest BCUT2D eigenvalue weighted by molar-refractivity contribution is -0.384. The van der Waals surface area contributed by atoms with Gasteiger partial charge in [0.05, 0.1) is 16.5 Å². The number of hydrogen-bond donors (Lipinski definition) is 2. The number of aliphatic hydroxyl groups excluding tert-OH is 1. The predicted molar refractivity (Wildman–Crippen MR) is 102 cm³/mol. The van der Waals surface area contributed by atoms with Crippen molar-refractivity contribution in [2.75, 3.05) is 6.54 Å². The highest BCUT2D eigenvalue weighted by Crippen LogP contribution is 2.39. The van der Waals surface area contributed by atoms with E-state index in [2.05, 4.69) is 0 Å². The lowest BCUT2D eigenvalue weighted by Crippen LogP contribution is -2.38. The molecule has 8 heteroatoms. The first-order valence-corrected chi connectivity index (χ1v) is 8.65. The highest BCUT2D eigenvalue weighted by Gasteiger charge is 2.46. The molecule has 1 fully saturated rings. The minimum atomic E-state index is -0.882. The SMILES string of the molecule is C[C@@H](N)CN1C(=O)C(=O)C(=C(O)c2ccccc2)[C@H]1c1ccc([N+](=O)[O-])cc1. The summed E-state index contributed by atoms with van der Waals surface area (Å²) in [6.07, 6.45) is 0. The van der Waals surface area contributed by atoms with Crippen LogP contribution in [-0.4, -0.2) is 39.2 Å². The maximum Gasteiger partial charge on any atom is 0.295 e. The van der Waals surface area contributed by atoms with Gasteiger partial charge in [0.15, 0.2) is 0 Å². The topological polar surface area (TPSA) is 127 Å². The minimum Gasteiger partial charge on any atom is -0.507 e. The van der Waals surface area contributed by atoms with E-state index in [1.165, 1.54) is 29.2 Å². The lowest BCUT2D eigenvalue weighted by Gasteiger charge is -2.26. The summed E-state index contributed by atoms with van der Waals surface area (Å²) >= 11 is 0. The van der Waals surface area contributed by atoms with Gasteiger partial charge < -0.3 is 15.7 Å². The highest BCUT2D eigenvalue weighted by molar-refractivity contribution is 6.46. The zero-order valence-electron chi connectivity index (χ0n) is 15.1. The Balaban J connectivity index is 2.16. The van der Waals surface area contributed by atoms with E-state index in [1.807, 2.05) is 0 Å². The third-order valence-corrected chi connectivity index (χ3v) is 4.49. The minimum absolute atomic E-state index is 0.0642. The van der Waals surface area contributed by atoms with E-state index in [4.69, 9.17) is 5.73 Å². The number of amides is 1. The summed E-state index contributed by atoms with van der Waals surface area (Å²) in [5, 5.41) is 21.7. The molecule has 1 aliphatic rings. The van der Waals surface area contributed by atoms with Gasteiger partial charge >= 0.3 is 0 Å². The fourth-order valence-corrected chi connectivity index (χ4v) is 3.25. The molecule has 0 saturated carbocycles. The molecule has 0 unspecified atom stereocenters. The molecule has 0 aliphatic carbocycles. The third-order valence-electron chi connectivity index (χ3n) is 4.49. The summed E-state index contributed by atoms with van der Waals surface area (Å²) in [6.45, 7) is 1.79. The van der Waals surface area contributed by atoms with Crippen molar-refractivity contribution in [1.29, 1.82) is 0 Å². The summed E-state index contributed by atoms with van der Waals surface area (Å²) < 4.78 is 0. The molecule has 1 saturated heterocycles. The second kappa shape index (κ2) is 7.61. The number of ketones is 1. The molecule has 3 N–H and O–H groups in total. The molecule has 28 heavy (non-hydrogen) atoms. The molecule has 1 aliphatic heterocycles. The average Bonchev–Trinajstić information content (AvgIpc) is 2.92. The van der Waals surface area contributed by atoms with E-state index in [-0.39, 0.29) is 23.6 Å². The molecule has 144 valence electrons. The van der Waals surface area contributed by atoms with Crippen LogP contribution in [0.3, 0.4) is 0 Å². The van der Waals surface area contributed by atoms with E-state index < -0.39 is 28.7 Å². The lowest BCUT2D eigenvalue weighted by atomic mass is 9.95. The monoisotopic (exact) mass is 381 g/mol. The number of non-ortho nitro benzene ring substituents is 1. The third kappa shape index (κ3) is 3.49. The van der Waals surface area contributed by atoms with Gasteiger partial charge in [-0.1, -0.05) is 30.3 Å². The van der Waals surface area contributed by atoms with E-state index in [1.54, 1.807) is 37.3 Å². The highest BCUT2D eigenvalue weighted by atomic mass is 16.6. The van der Waals surface area contributed by atoms with Gasteiger partial charge in [-0.05, 0) is 24.6 Å². The maximum atomic E-state index is 12.7. The number of nitrogens with two attached hydrogens (primary N) is 1. The number of carbonyl (C=O) groups is 2. The van der Waals surface area contributed by atoms with Crippen LogP contribution in [-0.2, 0) is 9.59 Å². The van der Waals surface area contributed by atoms with Gasteiger partial charge in [-0.2, -0.15) is 0 Å². The number of likely N-dealkylation sites (tertiary alicyclic amines) is 1. The van der Waals surface area contributed by atoms with Gasteiger partial charge in [-0.15, -0.1) is 0 Å². The second-order valence-electron chi connectivity index (χ2n) is 6.64. The zero-order chi connectivity index (χ0) is 20.4. The Hall–Kier alpha value is -3.52. The van der Waals surface area contributed by atoms with Crippen molar-refractivity contribution in [2.45, 2.75) is 19.0 Å². The Morgan fingerprint density at radius 1 is 1.18 bits per heavy atom. The largest absolute Gasteiger partial charge is 0.507 e. The summed E-state index contributed by atoms with van der Waals surface area (Å²) in [7, 11) is 0. The average molecular weight is 381 g/mol. The van der Waals surface area contributed by atoms with Crippen molar-refractivity contribution >= 4 is 23.1 Å². The number of Topliss-reactive ketones (excluding diaryl/α,β-unsaturated/α-hetero) is 1. The van der Waals surface area contributed by atoms with Gasteiger partial charge in [0.2, 0.25) is 0 Å². The fourth-order valence-electron chi connectivity index (χ4n) is 3.25. The molecule has 1 amide bonds. The Labute approximate surface area is 161 Å². The molecular weight excluding hydrogens is 362 g/mol. The molecular formula is C20H19N3O5. The van der Waals surface area contributed by atoms with Crippen LogP contribution in [0.4, 0.5) is 5.69 Å². The Morgan fingerprint density at radius 2 is 1.79 bits per heavy atom. The quantitative estimate of drug-likeness (QED) is 0.269. The van der Waals surface area contributed by atoms with Crippen molar-refractivity contribution in [3.63, 3.8) is 0 Å². The summed E-state index contributed by atoms with van der Waals surface area (Å²) in [6, 6.07) is 12.7. The van der Waals surface area contributed by atoms with E-state index in [0.717, 1.165) is 0 Å². The van der Waals surface area contributed by atoms with Crippen LogP contribution < -0.4 is 5.73 Å². The van der Waals surface area contributed by atoms with Crippen LogP contribution >= 0.6 is 0 Å². The Morgan fingerprint density at radius 3 is 2.32 bits per heavy atom. The molecule has 2 atom stereocenters. The zero-order valence-corrected chi connectivity index (χ0v) is 15.1. The van der Waals surface area contributed by atoms with Crippen molar-refractivity contribution in [3.05, 3.63) is 81.4 Å². The normalized spacial score (nSPS) is 19.6. The van der Waals surface area contributed by atoms with Crippen molar-refractivity contribution in [3.8, 4) is 0 Å². The molecule has 0 bridgehead atoms. The van der Waals surface area contributed by atoms with Crippen LogP contribution in [0.2, 0.25) is 0 Å². The van der Waals surface area contributed by atoms with Crippen LogP contribution in [0.15, 0.2) is 60.2 Å². The Bertz CT molecular complexity index is 952. The number of aliphatic hydroxyl groups is 1. The summed E-state index contributed by atoms with van der Waals surface area (Å²) in [5.74, 6) is -1.88. The van der Waals surface area contributed by atoms with Gasteiger partial charge in [-0.25, -0.2) is 0 Å². The molecule has 0 radical (unpaired) electrons. The standard InChI is InChI=1S/C20H19N3O5/c1-12(21)11-22-17(13-7-9-15(10-8-13)23(27)28)16(19(25)20(22)26)18(24)14-5-3-2-4-6-14/h2-10,12,17,24H,11,21H2,1H3/t12-,17-/m1/s1. The number of rotatable bonds is 5. The molecule has 0 spiro atoms. The maximum absolute atomic E-state index is 12.7. The first-order valence-electron chi connectivity index (χ1n) is 8.65. The van der Waals surface area contributed by atoms with Crippen molar-refractivity contribution < 1.29 is 19.6 Å². The van der Waals surface area contributed by atoms with E-state index in [0.29, 0.717) is 11.1 Å². The molecule has 0 aromatic heterocycles. The number of carbonyl (C=O) groups excluding carboxylic acids is 2. The number of nitrogens with zero attached hydrogens (tertiary/aromatic N) is 2.